The first-order valence-electron chi connectivity index (χ1n) is 12.9. The Bertz CT molecular complexity index is 984. The second-order valence-corrected chi connectivity index (χ2v) is 12.0. The quantitative estimate of drug-likeness (QED) is 0.380. The molecule has 4 saturated carbocycles. The van der Waals surface area contributed by atoms with Crippen molar-refractivity contribution in [3.63, 3.8) is 0 Å². The number of rotatable bonds is 6. The van der Waals surface area contributed by atoms with Crippen molar-refractivity contribution in [1.82, 2.24) is 0 Å². The minimum atomic E-state index is -1.45. The third-order valence-electron chi connectivity index (χ3n) is 9.28. The highest BCUT2D eigenvalue weighted by molar-refractivity contribution is 6.24. The van der Waals surface area contributed by atoms with Gasteiger partial charge in [-0.15, -0.1) is 11.6 Å². The van der Waals surface area contributed by atoms with Gasteiger partial charge < -0.3 is 34.3 Å². The van der Waals surface area contributed by atoms with Crippen LogP contribution in [0.2, 0.25) is 0 Å². The van der Waals surface area contributed by atoms with E-state index in [0.717, 1.165) is 32.1 Å². The fourth-order valence-electron chi connectivity index (χ4n) is 7.79. The number of benzene rings is 1. The summed E-state index contributed by atoms with van der Waals surface area (Å²) >= 11 is 7.00. The lowest BCUT2D eigenvalue weighted by atomic mass is 9.46. The van der Waals surface area contributed by atoms with E-state index in [0.29, 0.717) is 23.7 Å². The lowest BCUT2D eigenvalue weighted by molar-refractivity contribution is -0.645. The van der Waals surface area contributed by atoms with Gasteiger partial charge in [0.25, 0.3) is 5.79 Å². The summed E-state index contributed by atoms with van der Waals surface area (Å²) in [6.07, 6.45) is -0.696. The van der Waals surface area contributed by atoms with Gasteiger partial charge in [-0.05, 0) is 74.5 Å². The van der Waals surface area contributed by atoms with Gasteiger partial charge in [-0.3, -0.25) is 0 Å². The van der Waals surface area contributed by atoms with Crippen LogP contribution in [0.15, 0.2) is 18.2 Å². The third-order valence-corrected chi connectivity index (χ3v) is 9.75. The Labute approximate surface area is 215 Å². The fourth-order valence-corrected chi connectivity index (χ4v) is 8.38. The van der Waals surface area contributed by atoms with Gasteiger partial charge >= 0.3 is 0 Å². The predicted molar refractivity (Wildman–Crippen MR) is 126 cm³/mol. The van der Waals surface area contributed by atoms with Crippen molar-refractivity contribution in [2.75, 3.05) is 14.2 Å². The van der Waals surface area contributed by atoms with Gasteiger partial charge in [0, 0.05) is 17.5 Å². The van der Waals surface area contributed by atoms with Crippen LogP contribution in [-0.4, -0.2) is 70.7 Å². The first kappa shape index (κ1) is 25.1. The van der Waals surface area contributed by atoms with Gasteiger partial charge in [-0.1, -0.05) is 6.92 Å². The molecule has 0 amide bonds. The van der Waals surface area contributed by atoms with Crippen molar-refractivity contribution in [2.45, 2.75) is 92.4 Å². The van der Waals surface area contributed by atoms with E-state index in [1.54, 1.807) is 19.2 Å². The minimum Gasteiger partial charge on any atom is -0.493 e. The molecule has 2 aliphatic heterocycles. The van der Waals surface area contributed by atoms with Crippen LogP contribution in [0.5, 0.6) is 11.5 Å². The average molecular weight is 527 g/mol. The molecule has 2 heterocycles. The molecule has 36 heavy (non-hydrogen) atoms. The number of halogens is 1. The molecule has 6 aliphatic rings. The van der Waals surface area contributed by atoms with Crippen LogP contribution in [0.25, 0.3) is 0 Å². The summed E-state index contributed by atoms with van der Waals surface area (Å²) in [5.41, 5.74) is 0.0401. The highest BCUT2D eigenvalue weighted by Gasteiger charge is 2.78. The predicted octanol–water partition coefficient (Wildman–Crippen LogP) is 2.61. The topological polar surface area (TPSA) is 116 Å². The molecule has 7 rings (SSSR count). The van der Waals surface area contributed by atoms with E-state index in [9.17, 15) is 15.3 Å². The molecule has 8 atom stereocenters. The van der Waals surface area contributed by atoms with Crippen LogP contribution in [-0.2, 0) is 25.0 Å². The van der Waals surface area contributed by atoms with Crippen molar-refractivity contribution < 1.29 is 44.0 Å². The molecule has 4 bridgehead atoms. The fraction of sp³-hybridized carbons (Fsp3) is 0.769. The van der Waals surface area contributed by atoms with Gasteiger partial charge in [-0.2, -0.15) is 4.89 Å². The summed E-state index contributed by atoms with van der Waals surface area (Å²) in [6, 6.07) is 5.37. The van der Waals surface area contributed by atoms with E-state index in [1.807, 2.05) is 13.0 Å². The molecule has 9 nitrogen and oxygen atoms in total. The summed E-state index contributed by atoms with van der Waals surface area (Å²) in [7, 11) is 3.13. The summed E-state index contributed by atoms with van der Waals surface area (Å²) in [5.74, 6) is 0.544. The number of ether oxygens (including phenoxy) is 4. The van der Waals surface area contributed by atoms with Crippen LogP contribution >= 0.6 is 11.6 Å². The van der Waals surface area contributed by atoms with Crippen LogP contribution in [0.1, 0.15) is 51.0 Å². The molecule has 0 radical (unpaired) electrons. The van der Waals surface area contributed by atoms with E-state index >= 15 is 0 Å². The monoisotopic (exact) mass is 526 g/mol. The van der Waals surface area contributed by atoms with Gasteiger partial charge in [0.1, 0.15) is 18.3 Å². The minimum absolute atomic E-state index is 0.177. The van der Waals surface area contributed by atoms with Crippen LogP contribution in [0.4, 0.5) is 0 Å². The van der Waals surface area contributed by atoms with Gasteiger partial charge in [0.15, 0.2) is 17.1 Å². The van der Waals surface area contributed by atoms with E-state index in [2.05, 4.69) is 0 Å². The average Bonchev–Trinajstić information content (AvgIpc) is 2.83. The number of methoxy groups -OCH3 is 2. The van der Waals surface area contributed by atoms with E-state index in [1.165, 1.54) is 7.11 Å². The molecule has 3 N–H and O–H groups in total. The molecule has 6 fully saturated rings. The van der Waals surface area contributed by atoms with E-state index in [4.69, 9.17) is 40.3 Å². The number of hydrogen-bond acceptors (Lipinski definition) is 9. The zero-order valence-corrected chi connectivity index (χ0v) is 21.5. The SMILES string of the molecule is CCC1OC(Oc2cc(C3(OC)OOC34C3CC5CC4CC(Cl)(C5)C3)ccc2OC)C(O)C(O)C1O. The zero-order chi connectivity index (χ0) is 25.5. The Morgan fingerprint density at radius 2 is 1.69 bits per heavy atom. The normalized spacial score (nSPS) is 49.2. The number of aliphatic hydroxyl groups is 3. The molecular weight excluding hydrogens is 492 g/mol. The van der Waals surface area contributed by atoms with Crippen molar-refractivity contribution in [3.8, 4) is 11.5 Å². The number of alkyl halides is 1. The summed E-state index contributed by atoms with van der Waals surface area (Å²) in [4.78, 5) is 11.7. The van der Waals surface area contributed by atoms with Crippen LogP contribution in [0, 0.1) is 17.8 Å². The van der Waals surface area contributed by atoms with Gasteiger partial charge in [-0.25, -0.2) is 4.89 Å². The molecule has 1 aromatic rings. The highest BCUT2D eigenvalue weighted by Crippen LogP contribution is 2.71. The standard InChI is InChI=1S/C26H35ClO9/c1-4-17-20(28)21(29)22(30)23(33-17)34-19-9-14(5-6-18(19)31-2)26(32-3)25(35-36-26)15-7-13-8-16(25)12-24(27,10-13)11-15/h5-6,9,13,15-17,20-23,28-30H,4,7-8,10-12H2,1-3H3. The molecule has 4 aliphatic carbocycles. The lowest BCUT2D eigenvalue weighted by Crippen LogP contribution is -2.78. The number of hydrogen-bond donors (Lipinski definition) is 3. The Morgan fingerprint density at radius 3 is 2.25 bits per heavy atom. The molecule has 1 aromatic carbocycles. The first-order valence-corrected chi connectivity index (χ1v) is 13.2. The van der Waals surface area contributed by atoms with Crippen LogP contribution < -0.4 is 9.47 Å². The number of aliphatic hydroxyl groups excluding tert-OH is 3. The lowest BCUT2D eigenvalue weighted by Gasteiger charge is -2.70. The van der Waals surface area contributed by atoms with Crippen LogP contribution in [0.3, 0.4) is 0 Å². The van der Waals surface area contributed by atoms with E-state index in [-0.39, 0.29) is 22.5 Å². The summed E-state index contributed by atoms with van der Waals surface area (Å²) in [6.45, 7) is 1.82. The Morgan fingerprint density at radius 1 is 0.972 bits per heavy atom. The van der Waals surface area contributed by atoms with Gasteiger partial charge in [0.05, 0.1) is 13.2 Å². The molecule has 2 saturated heterocycles. The summed E-state index contributed by atoms with van der Waals surface area (Å²) in [5, 5.41) is 31.1. The smallest absolute Gasteiger partial charge is 0.260 e. The van der Waals surface area contributed by atoms with Crippen molar-refractivity contribution in [1.29, 1.82) is 0 Å². The molecule has 1 spiro atoms. The van der Waals surface area contributed by atoms with E-state index < -0.39 is 42.1 Å². The molecule has 10 heteroatoms. The third kappa shape index (κ3) is 3.34. The molecule has 200 valence electrons. The zero-order valence-electron chi connectivity index (χ0n) is 20.8. The molecular formula is C26H35ClO9. The maximum absolute atomic E-state index is 10.6. The second-order valence-electron chi connectivity index (χ2n) is 11.2. The Balaban J connectivity index is 1.34. The summed E-state index contributed by atoms with van der Waals surface area (Å²) < 4.78 is 23.5. The first-order chi connectivity index (χ1) is 17.2. The maximum Gasteiger partial charge on any atom is 0.260 e. The second kappa shape index (κ2) is 8.68. The van der Waals surface area contributed by atoms with Crippen molar-refractivity contribution in [3.05, 3.63) is 23.8 Å². The van der Waals surface area contributed by atoms with Crippen molar-refractivity contribution >= 4 is 11.6 Å². The van der Waals surface area contributed by atoms with Gasteiger partial charge in [0.2, 0.25) is 6.29 Å². The molecule has 0 aromatic heterocycles. The Kier molecular flexibility index (Phi) is 6.06. The molecule has 8 unspecified atom stereocenters. The largest absolute Gasteiger partial charge is 0.493 e. The highest BCUT2D eigenvalue weighted by atomic mass is 35.5. The maximum atomic E-state index is 10.6. The Hall–Kier alpha value is -1.17. The van der Waals surface area contributed by atoms with Crippen molar-refractivity contribution in [2.24, 2.45) is 17.8 Å².